The van der Waals surface area contributed by atoms with Crippen LogP contribution in [0.2, 0.25) is 0 Å². The van der Waals surface area contributed by atoms with Crippen molar-refractivity contribution in [2.24, 2.45) is 0 Å². The minimum atomic E-state index is -0.692. The molecule has 0 bridgehead atoms. The van der Waals surface area contributed by atoms with Crippen molar-refractivity contribution >= 4 is 10.0 Å². The summed E-state index contributed by atoms with van der Waals surface area (Å²) in [5.74, 6) is 3.95. The average Bonchev–Trinajstić information content (AvgIpc) is 2.69. The molecular weight excluding hydrogens is 360 g/mol. The van der Waals surface area contributed by atoms with Crippen LogP contribution in [0.3, 0.4) is 0 Å². The second-order valence-electron chi connectivity index (χ2n) is 6.72. The largest absolute Gasteiger partial charge is 0.491 e. The molecule has 0 aliphatic rings. The Morgan fingerprint density at radius 2 is 0.963 bits per heavy atom. The highest BCUT2D eigenvalue weighted by Crippen LogP contribution is 2.38. The molecule has 0 amide bonds. The first-order chi connectivity index (χ1) is 13.2. The highest BCUT2D eigenvalue weighted by atomic mass is 32.3. The van der Waals surface area contributed by atoms with Crippen LogP contribution >= 0.6 is 10.0 Å². The summed E-state index contributed by atoms with van der Waals surface area (Å²) < 4.78 is 22.7. The molecule has 0 saturated heterocycles. The van der Waals surface area contributed by atoms with E-state index in [0.29, 0.717) is 26.4 Å². The van der Waals surface area contributed by atoms with Crippen molar-refractivity contribution in [1.82, 2.24) is 0 Å². The lowest BCUT2D eigenvalue weighted by Crippen LogP contribution is -2.17. The quantitative estimate of drug-likeness (QED) is 0.451. The number of hydrogen-bond donors (Lipinski definition) is 0. The first kappa shape index (κ1) is 21.6. The zero-order valence-corrected chi connectivity index (χ0v) is 17.3. The predicted molar refractivity (Wildman–Crippen MR) is 115 cm³/mol. The van der Waals surface area contributed by atoms with Crippen LogP contribution in [0.25, 0.3) is 0 Å². The molecular formula is C22H32O4S. The van der Waals surface area contributed by atoms with Crippen LogP contribution in [-0.2, 0) is 9.47 Å². The van der Waals surface area contributed by atoms with E-state index < -0.39 is 10.0 Å². The van der Waals surface area contributed by atoms with Crippen molar-refractivity contribution in [3.63, 3.8) is 0 Å². The molecule has 150 valence electrons. The Kier molecular flexibility index (Phi) is 10.1. The molecule has 0 unspecified atom stereocenters. The molecule has 4 nitrogen and oxygen atoms in total. The maximum absolute atomic E-state index is 5.72. The number of benzene rings is 2. The van der Waals surface area contributed by atoms with Gasteiger partial charge < -0.3 is 18.9 Å². The van der Waals surface area contributed by atoms with Gasteiger partial charge in [0.2, 0.25) is 0 Å². The Balaban J connectivity index is 1.43. The first-order valence-corrected chi connectivity index (χ1v) is 12.1. The zero-order chi connectivity index (χ0) is 19.2. The Labute approximate surface area is 165 Å². The van der Waals surface area contributed by atoms with Gasteiger partial charge in [-0.15, -0.1) is 0 Å². The summed E-state index contributed by atoms with van der Waals surface area (Å²) in [5.41, 5.74) is 0. The van der Waals surface area contributed by atoms with Crippen molar-refractivity contribution < 1.29 is 18.9 Å². The van der Waals surface area contributed by atoms with E-state index in [1.54, 1.807) is 0 Å². The summed E-state index contributed by atoms with van der Waals surface area (Å²) in [6.45, 7) is 3.97. The lowest BCUT2D eigenvalue weighted by atomic mass is 10.3. The molecule has 5 heteroatoms. The second kappa shape index (κ2) is 12.7. The van der Waals surface area contributed by atoms with Crippen molar-refractivity contribution in [3.8, 4) is 11.5 Å². The van der Waals surface area contributed by atoms with Gasteiger partial charge in [0.25, 0.3) is 0 Å². The molecule has 0 saturated carbocycles. The van der Waals surface area contributed by atoms with Gasteiger partial charge in [-0.1, -0.05) is 36.4 Å². The maximum atomic E-state index is 5.72. The summed E-state index contributed by atoms with van der Waals surface area (Å²) in [4.78, 5) is 0. The number of para-hydroxylation sites is 2. The highest BCUT2D eigenvalue weighted by Gasteiger charge is 2.11. The van der Waals surface area contributed by atoms with Crippen LogP contribution in [0, 0.1) is 0 Å². The fourth-order valence-corrected chi connectivity index (χ4v) is 3.69. The summed E-state index contributed by atoms with van der Waals surface area (Å²) >= 11 is 0. The molecule has 27 heavy (non-hydrogen) atoms. The van der Waals surface area contributed by atoms with Crippen LogP contribution < -0.4 is 9.47 Å². The molecule has 0 heterocycles. The van der Waals surface area contributed by atoms with Gasteiger partial charge >= 0.3 is 0 Å². The molecule has 0 aliphatic heterocycles. The van der Waals surface area contributed by atoms with Gasteiger partial charge in [0.15, 0.2) is 0 Å². The van der Waals surface area contributed by atoms with Crippen LogP contribution in [0.5, 0.6) is 11.5 Å². The molecule has 2 rings (SSSR count). The molecule has 0 spiro atoms. The third-order valence-electron chi connectivity index (χ3n) is 4.04. The van der Waals surface area contributed by atoms with Crippen molar-refractivity contribution in [3.05, 3.63) is 60.7 Å². The minimum absolute atomic E-state index is 0.588. The summed E-state index contributed by atoms with van der Waals surface area (Å²) in [6, 6.07) is 19.7. The van der Waals surface area contributed by atoms with Gasteiger partial charge in [-0.3, -0.25) is 0 Å². The van der Waals surface area contributed by atoms with Crippen molar-refractivity contribution in [2.45, 2.75) is 0 Å². The lowest BCUT2D eigenvalue weighted by Gasteiger charge is -2.30. The van der Waals surface area contributed by atoms with Gasteiger partial charge in [0, 0.05) is 11.5 Å². The van der Waals surface area contributed by atoms with Crippen LogP contribution in [-0.4, -0.2) is 63.7 Å². The zero-order valence-electron chi connectivity index (χ0n) is 16.5. The average molecular weight is 393 g/mol. The Hall–Kier alpha value is -1.69. The van der Waals surface area contributed by atoms with E-state index in [9.17, 15) is 0 Å². The molecule has 0 radical (unpaired) electrons. The molecule has 2 aromatic rings. The topological polar surface area (TPSA) is 36.9 Å². The normalized spacial score (nSPS) is 11.9. The van der Waals surface area contributed by atoms with Crippen molar-refractivity contribution in [2.75, 3.05) is 63.7 Å². The van der Waals surface area contributed by atoms with E-state index in [-0.39, 0.29) is 0 Å². The summed E-state index contributed by atoms with van der Waals surface area (Å²) in [7, 11) is -0.692. The van der Waals surface area contributed by atoms with E-state index >= 15 is 0 Å². The molecule has 0 aliphatic carbocycles. The van der Waals surface area contributed by atoms with E-state index in [4.69, 9.17) is 18.9 Å². The van der Waals surface area contributed by atoms with E-state index in [0.717, 1.165) is 36.2 Å². The van der Waals surface area contributed by atoms with Gasteiger partial charge in [-0.25, -0.2) is 10.0 Å². The summed E-state index contributed by atoms with van der Waals surface area (Å²) in [6.07, 6.45) is 4.67. The van der Waals surface area contributed by atoms with Crippen LogP contribution in [0.15, 0.2) is 60.7 Å². The molecule has 0 atom stereocenters. The van der Waals surface area contributed by atoms with Crippen LogP contribution in [0.4, 0.5) is 0 Å². The molecule has 0 N–H and O–H groups in total. The van der Waals surface area contributed by atoms with Gasteiger partial charge in [-0.2, -0.15) is 0 Å². The number of hydrogen-bond acceptors (Lipinski definition) is 4. The second-order valence-corrected chi connectivity index (χ2v) is 11.1. The third kappa shape index (κ3) is 10.3. The first-order valence-electron chi connectivity index (χ1n) is 9.36. The molecule has 2 aromatic carbocycles. The molecule has 0 fully saturated rings. The summed E-state index contributed by atoms with van der Waals surface area (Å²) in [5, 5.41) is 0. The SMILES string of the molecule is CS(C)(CCOCCOc1ccccc1)CCOCCOc1ccccc1. The van der Waals surface area contributed by atoms with E-state index in [1.807, 2.05) is 60.7 Å². The Bertz CT molecular complexity index is 551. The lowest BCUT2D eigenvalue weighted by molar-refractivity contribution is 0.109. The number of ether oxygens (including phenoxy) is 4. The minimum Gasteiger partial charge on any atom is -0.491 e. The molecule has 0 aromatic heterocycles. The van der Waals surface area contributed by atoms with E-state index in [1.165, 1.54) is 0 Å². The van der Waals surface area contributed by atoms with Gasteiger partial charge in [0.05, 0.1) is 26.4 Å². The van der Waals surface area contributed by atoms with E-state index in [2.05, 4.69) is 12.5 Å². The standard InChI is InChI=1S/C22H32O4S/c1-27(2,19-17-23-13-15-25-21-9-5-3-6-10-21)20-18-24-14-16-26-22-11-7-4-8-12-22/h3-12H,13-20H2,1-2H3. The fraction of sp³-hybridized carbons (Fsp3) is 0.455. The monoisotopic (exact) mass is 392 g/mol. The van der Waals surface area contributed by atoms with Gasteiger partial charge in [0.1, 0.15) is 24.7 Å². The smallest absolute Gasteiger partial charge is 0.119 e. The fourth-order valence-electron chi connectivity index (χ4n) is 2.35. The highest BCUT2D eigenvalue weighted by molar-refractivity contribution is 8.32. The third-order valence-corrected chi connectivity index (χ3v) is 6.58. The Morgan fingerprint density at radius 3 is 1.37 bits per heavy atom. The van der Waals surface area contributed by atoms with Gasteiger partial charge in [-0.05, 0) is 36.8 Å². The van der Waals surface area contributed by atoms with Crippen LogP contribution in [0.1, 0.15) is 0 Å². The number of rotatable bonds is 14. The predicted octanol–water partition coefficient (Wildman–Crippen LogP) is 4.24. The van der Waals surface area contributed by atoms with Crippen molar-refractivity contribution in [1.29, 1.82) is 0 Å². The Morgan fingerprint density at radius 1 is 0.556 bits per heavy atom. The maximum Gasteiger partial charge on any atom is 0.119 e.